The number of sulfonamides is 2. The predicted molar refractivity (Wildman–Crippen MR) is 276 cm³/mol. The van der Waals surface area contributed by atoms with Crippen LogP contribution >= 0.6 is 0 Å². The molecule has 0 saturated carbocycles. The second-order valence-corrected chi connectivity index (χ2v) is 20.7. The third-order valence-electron chi connectivity index (χ3n) is 13.0. The normalized spacial score (nSPS) is 14.6. The Kier molecular flexibility index (Phi) is 13.1. The van der Waals surface area contributed by atoms with Gasteiger partial charge >= 0.3 is 0 Å². The monoisotopic (exact) mass is 986 g/mol. The Morgan fingerprint density at radius 1 is 0.563 bits per heavy atom. The Morgan fingerprint density at radius 3 is 1.77 bits per heavy atom. The van der Waals surface area contributed by atoms with Crippen LogP contribution in [0.3, 0.4) is 0 Å². The van der Waals surface area contributed by atoms with Crippen molar-refractivity contribution in [2.24, 2.45) is 0 Å². The molecule has 2 aliphatic rings. The minimum Gasteiger partial charge on any atom is -0.495 e. The number of piperazine rings is 2. The molecule has 15 nitrogen and oxygen atoms in total. The molecule has 2 fully saturated rings. The van der Waals surface area contributed by atoms with Crippen LogP contribution in [0.4, 0.5) is 17.1 Å². The lowest BCUT2D eigenvalue weighted by Gasteiger charge is -2.36. The highest BCUT2D eigenvalue weighted by Crippen LogP contribution is 2.33. The molecule has 0 aliphatic carbocycles. The van der Waals surface area contributed by atoms with Crippen molar-refractivity contribution in [3.63, 3.8) is 0 Å². The van der Waals surface area contributed by atoms with Crippen LogP contribution in [0.2, 0.25) is 0 Å². The number of para-hydroxylation sites is 4. The van der Waals surface area contributed by atoms with Crippen molar-refractivity contribution < 1.29 is 31.2 Å². The van der Waals surface area contributed by atoms with Gasteiger partial charge in [0.05, 0.1) is 23.8 Å². The molecular formula is C54H50N8O7S2. The van der Waals surface area contributed by atoms with Crippen LogP contribution in [0, 0.1) is 0 Å². The Labute approximate surface area is 412 Å². The van der Waals surface area contributed by atoms with Gasteiger partial charge in [-0.25, -0.2) is 16.8 Å². The number of anilines is 3. The summed E-state index contributed by atoms with van der Waals surface area (Å²) in [5.41, 5.74) is 6.10. The number of fused-ring (bicyclic) bond motifs is 2. The first-order valence-corrected chi connectivity index (χ1v) is 26.2. The predicted octanol–water partition coefficient (Wildman–Crippen LogP) is 7.98. The first-order valence-electron chi connectivity index (χ1n) is 23.2. The molecule has 0 atom stereocenters. The van der Waals surface area contributed by atoms with Gasteiger partial charge in [-0.15, -0.1) is 0 Å². The fourth-order valence-corrected chi connectivity index (χ4v) is 11.8. The molecule has 2 aliphatic heterocycles. The molecule has 6 aromatic carbocycles. The fraction of sp³-hybridized carbons (Fsp3) is 0.185. The molecule has 0 bridgehead atoms. The third kappa shape index (κ3) is 9.97. The van der Waals surface area contributed by atoms with E-state index in [9.17, 15) is 26.4 Å². The maximum absolute atomic E-state index is 14.0. The smallest absolute Gasteiger partial charge is 0.264 e. The number of nitrogens with zero attached hydrogens (tertiary/aromatic N) is 6. The van der Waals surface area contributed by atoms with Crippen molar-refractivity contribution in [1.82, 2.24) is 24.7 Å². The van der Waals surface area contributed by atoms with Crippen molar-refractivity contribution in [3.05, 3.63) is 181 Å². The van der Waals surface area contributed by atoms with Gasteiger partial charge in [-0.3, -0.25) is 33.9 Å². The van der Waals surface area contributed by atoms with Gasteiger partial charge in [0.15, 0.2) is 0 Å². The average Bonchev–Trinajstić information content (AvgIpc) is 3.40. The Bertz CT molecular complexity index is 3500. The average molecular weight is 987 g/mol. The maximum Gasteiger partial charge on any atom is 0.264 e. The van der Waals surface area contributed by atoms with Gasteiger partial charge in [0.2, 0.25) is 0 Å². The van der Waals surface area contributed by atoms with E-state index in [1.54, 1.807) is 91.1 Å². The van der Waals surface area contributed by atoms with E-state index in [1.165, 1.54) is 12.1 Å². The molecule has 10 rings (SSSR count). The summed E-state index contributed by atoms with van der Waals surface area (Å²) in [6.45, 7) is 5.39. The lowest BCUT2D eigenvalue weighted by atomic mass is 9.99. The quantitative estimate of drug-likeness (QED) is 0.115. The van der Waals surface area contributed by atoms with Gasteiger partial charge < -0.3 is 19.4 Å². The van der Waals surface area contributed by atoms with E-state index >= 15 is 0 Å². The molecule has 71 heavy (non-hydrogen) atoms. The molecule has 2 aromatic heterocycles. The summed E-state index contributed by atoms with van der Waals surface area (Å²) in [4.78, 5) is 44.1. The second kappa shape index (κ2) is 19.9. The van der Waals surface area contributed by atoms with Crippen LogP contribution in [0.1, 0.15) is 26.3 Å². The van der Waals surface area contributed by atoms with E-state index in [1.807, 2.05) is 65.6 Å². The number of pyridine rings is 2. The molecule has 17 heteroatoms. The first kappa shape index (κ1) is 46.8. The SMILES string of the molecule is COc1ccccc1N1CCN(C(=O)c2ccc(NS(=O)(=O)c3cccc4c(-c5cccc(CN6CCN(C(=O)c7ccc(NS(=O)(=O)c8cccc9cccnc89)cc7)CC6)c5)ccnc34)cc2)CC1. The number of hydrogen-bond acceptors (Lipinski definition) is 11. The zero-order valence-electron chi connectivity index (χ0n) is 38.8. The minimum atomic E-state index is -4.10. The molecule has 2 N–H and O–H groups in total. The molecule has 8 aromatic rings. The van der Waals surface area contributed by atoms with Crippen LogP contribution < -0.4 is 19.1 Å². The molecule has 0 radical (unpaired) electrons. The van der Waals surface area contributed by atoms with E-state index in [4.69, 9.17) is 4.74 Å². The second-order valence-electron chi connectivity index (χ2n) is 17.4. The number of methoxy groups -OCH3 is 1. The zero-order valence-corrected chi connectivity index (χ0v) is 40.4. The van der Waals surface area contributed by atoms with Crippen molar-refractivity contribution >= 4 is 70.7 Å². The number of aromatic nitrogens is 2. The summed E-state index contributed by atoms with van der Waals surface area (Å²) in [7, 11) is -6.38. The molecular weight excluding hydrogens is 937 g/mol. The minimum absolute atomic E-state index is 0.0312. The lowest BCUT2D eigenvalue weighted by Crippen LogP contribution is -2.48. The summed E-state index contributed by atoms with van der Waals surface area (Å²) < 4.78 is 65.4. The highest BCUT2D eigenvalue weighted by atomic mass is 32.2. The van der Waals surface area contributed by atoms with Gasteiger partial charge in [0, 0.05) is 105 Å². The van der Waals surface area contributed by atoms with Crippen molar-refractivity contribution in [2.45, 2.75) is 16.3 Å². The number of amides is 2. The van der Waals surface area contributed by atoms with E-state index in [0.29, 0.717) is 103 Å². The van der Waals surface area contributed by atoms with Crippen LogP contribution in [0.15, 0.2) is 174 Å². The summed E-state index contributed by atoms with van der Waals surface area (Å²) in [5.74, 6) is 0.545. The van der Waals surface area contributed by atoms with E-state index in [0.717, 1.165) is 28.1 Å². The van der Waals surface area contributed by atoms with Crippen molar-refractivity contribution in [2.75, 3.05) is 73.8 Å². The van der Waals surface area contributed by atoms with Gasteiger partial charge in [0.25, 0.3) is 31.9 Å². The van der Waals surface area contributed by atoms with Gasteiger partial charge in [0.1, 0.15) is 15.5 Å². The first-order chi connectivity index (χ1) is 34.4. The van der Waals surface area contributed by atoms with E-state index in [-0.39, 0.29) is 21.6 Å². The molecule has 2 saturated heterocycles. The zero-order chi connectivity index (χ0) is 49.1. The maximum atomic E-state index is 14.0. The van der Waals surface area contributed by atoms with Gasteiger partial charge in [-0.2, -0.15) is 0 Å². The lowest BCUT2D eigenvalue weighted by molar-refractivity contribution is 0.0628. The fourth-order valence-electron chi connectivity index (χ4n) is 9.30. The molecule has 0 spiro atoms. The van der Waals surface area contributed by atoms with E-state index in [2.05, 4.69) is 41.3 Å². The largest absolute Gasteiger partial charge is 0.495 e. The number of carbonyl (C=O) groups is 2. The Hall–Kier alpha value is -7.86. The third-order valence-corrected chi connectivity index (χ3v) is 15.8. The molecule has 4 heterocycles. The number of benzene rings is 6. The highest BCUT2D eigenvalue weighted by molar-refractivity contribution is 7.93. The van der Waals surface area contributed by atoms with Crippen LogP contribution in [-0.4, -0.2) is 113 Å². The summed E-state index contributed by atoms with van der Waals surface area (Å²) in [6.07, 6.45) is 3.17. The number of rotatable bonds is 13. The number of ether oxygens (including phenoxy) is 1. The van der Waals surface area contributed by atoms with Crippen LogP contribution in [-0.2, 0) is 26.6 Å². The van der Waals surface area contributed by atoms with E-state index < -0.39 is 20.0 Å². The molecule has 360 valence electrons. The number of carbonyl (C=O) groups excluding carboxylic acids is 2. The summed E-state index contributed by atoms with van der Waals surface area (Å²) in [6, 6.07) is 44.5. The van der Waals surface area contributed by atoms with Crippen molar-refractivity contribution in [1.29, 1.82) is 0 Å². The highest BCUT2D eigenvalue weighted by Gasteiger charge is 2.27. The van der Waals surface area contributed by atoms with Crippen LogP contribution in [0.5, 0.6) is 5.75 Å². The molecule has 0 unspecified atom stereocenters. The summed E-state index contributed by atoms with van der Waals surface area (Å²) >= 11 is 0. The van der Waals surface area contributed by atoms with Crippen LogP contribution in [0.25, 0.3) is 32.9 Å². The number of nitrogens with one attached hydrogen (secondary N) is 2. The topological polar surface area (TPSA) is 174 Å². The standard InChI is InChI=1S/C54H50N8O7S2/c1-69-48-14-3-2-13-47(48)60-32-34-62(35-33-60)54(64)41-19-23-44(24-20-41)58-71(67,68)50-16-6-12-46-45(25-27-56-52(46)50)42-10-4-8-38(36-42)37-59-28-30-61(31-29-59)53(63)40-17-21-43(22-18-40)57-70(65,66)49-15-5-9-39-11-7-26-55-51(39)49/h2-27,36,57-58H,28-35,37H2,1H3. The Balaban J connectivity index is 0.750. The Morgan fingerprint density at radius 2 is 1.13 bits per heavy atom. The number of hydrogen-bond donors (Lipinski definition) is 2. The summed E-state index contributed by atoms with van der Waals surface area (Å²) in [5, 5.41) is 1.40. The molecule has 2 amide bonds. The van der Waals surface area contributed by atoms with Crippen molar-refractivity contribution in [3.8, 4) is 16.9 Å². The van der Waals surface area contributed by atoms with Gasteiger partial charge in [-0.05, 0) is 108 Å². The van der Waals surface area contributed by atoms with Gasteiger partial charge in [-0.1, -0.05) is 60.7 Å².